The second-order valence-electron chi connectivity index (χ2n) is 4.77. The van der Waals surface area contributed by atoms with E-state index in [4.69, 9.17) is 0 Å². The molecule has 5 nitrogen and oxygen atoms in total. The lowest BCUT2D eigenvalue weighted by molar-refractivity contribution is 0.112. The molecule has 0 radical (unpaired) electrons. The van der Waals surface area contributed by atoms with Crippen molar-refractivity contribution < 1.29 is 4.79 Å². The van der Waals surface area contributed by atoms with Crippen molar-refractivity contribution in [3.05, 3.63) is 28.9 Å². The normalized spacial score (nSPS) is 12.0. The van der Waals surface area contributed by atoms with E-state index in [1.54, 1.807) is 12.5 Å². The van der Waals surface area contributed by atoms with Gasteiger partial charge in [0.2, 0.25) is 0 Å². The van der Waals surface area contributed by atoms with Gasteiger partial charge in [0.25, 0.3) is 0 Å². The lowest BCUT2D eigenvalue weighted by Gasteiger charge is -2.06. The molecule has 22 heavy (non-hydrogen) atoms. The van der Waals surface area contributed by atoms with E-state index >= 15 is 0 Å². The maximum absolute atomic E-state index is 11.3. The smallest absolute Gasteiger partial charge is 0.162 e. The third-order valence-electron chi connectivity index (χ3n) is 3.18. The van der Waals surface area contributed by atoms with Gasteiger partial charge in [-0.3, -0.25) is 4.79 Å². The van der Waals surface area contributed by atoms with Crippen molar-refractivity contribution in [2.75, 3.05) is 11.9 Å². The molecule has 2 heterocycles. The highest BCUT2D eigenvalue weighted by Crippen LogP contribution is 2.39. The third kappa shape index (κ3) is 3.51. The molecular weight excluding hydrogens is 296 g/mol. The van der Waals surface area contributed by atoms with Crippen LogP contribution in [0.4, 0.5) is 11.4 Å². The Labute approximate surface area is 134 Å². The minimum absolute atomic E-state index is 0.587. The Hall–Kier alpha value is -2.21. The molecule has 0 bridgehead atoms. The molecule has 2 aromatic heterocycles. The van der Waals surface area contributed by atoms with Gasteiger partial charge in [-0.2, -0.15) is 0 Å². The maximum Gasteiger partial charge on any atom is 0.162 e. The lowest BCUT2D eigenvalue weighted by Crippen LogP contribution is -2.06. The van der Waals surface area contributed by atoms with Gasteiger partial charge in [0, 0.05) is 24.1 Å². The number of fused-ring (bicyclic) bond motifs is 1. The number of anilines is 1. The number of rotatable bonds is 7. The van der Waals surface area contributed by atoms with Crippen LogP contribution in [0.2, 0.25) is 0 Å². The Morgan fingerprint density at radius 3 is 3.00 bits per heavy atom. The molecule has 0 amide bonds. The van der Waals surface area contributed by atoms with Crippen LogP contribution in [0, 0.1) is 0 Å². The summed E-state index contributed by atoms with van der Waals surface area (Å²) in [6.07, 6.45) is 7.18. The first-order chi connectivity index (χ1) is 10.7. The van der Waals surface area contributed by atoms with E-state index in [0.717, 1.165) is 40.9 Å². The highest BCUT2D eigenvalue weighted by atomic mass is 32.1. The van der Waals surface area contributed by atoms with Gasteiger partial charge in [0.15, 0.2) is 6.29 Å². The molecule has 0 saturated carbocycles. The SMILES string of the molecule is C/C=C(\C)NC=Nc1c(C=O)sc2nccc(NCCC)c12. The number of hydrogen-bond acceptors (Lipinski definition) is 5. The average Bonchev–Trinajstić information content (AvgIpc) is 2.91. The van der Waals surface area contributed by atoms with E-state index in [0.29, 0.717) is 10.6 Å². The van der Waals surface area contributed by atoms with Gasteiger partial charge in [-0.05, 0) is 26.3 Å². The molecule has 0 atom stereocenters. The molecule has 0 aromatic carbocycles. The predicted molar refractivity (Wildman–Crippen MR) is 94.5 cm³/mol. The van der Waals surface area contributed by atoms with Gasteiger partial charge in [-0.25, -0.2) is 9.98 Å². The van der Waals surface area contributed by atoms with E-state index in [2.05, 4.69) is 27.5 Å². The summed E-state index contributed by atoms with van der Waals surface area (Å²) in [5.74, 6) is 0. The minimum atomic E-state index is 0.587. The Bertz CT molecular complexity index is 718. The summed E-state index contributed by atoms with van der Waals surface area (Å²) in [5.41, 5.74) is 2.63. The van der Waals surface area contributed by atoms with E-state index in [1.165, 1.54) is 11.3 Å². The average molecular weight is 316 g/mol. The van der Waals surface area contributed by atoms with Gasteiger partial charge in [-0.15, -0.1) is 11.3 Å². The largest absolute Gasteiger partial charge is 0.384 e. The number of aliphatic imine (C=N–C) groups is 1. The molecule has 0 aliphatic heterocycles. The van der Waals surface area contributed by atoms with Crippen LogP contribution in [0.15, 0.2) is 29.0 Å². The summed E-state index contributed by atoms with van der Waals surface area (Å²) >= 11 is 1.36. The molecule has 2 aromatic rings. The first-order valence-corrected chi connectivity index (χ1v) is 8.05. The third-order valence-corrected chi connectivity index (χ3v) is 4.20. The summed E-state index contributed by atoms with van der Waals surface area (Å²) in [6, 6.07) is 1.92. The second-order valence-corrected chi connectivity index (χ2v) is 5.80. The van der Waals surface area contributed by atoms with Gasteiger partial charge in [-0.1, -0.05) is 13.0 Å². The number of aromatic nitrogens is 1. The molecule has 0 saturated heterocycles. The summed E-state index contributed by atoms with van der Waals surface area (Å²) in [7, 11) is 0. The van der Waals surface area contributed by atoms with Crippen molar-refractivity contribution in [2.45, 2.75) is 27.2 Å². The van der Waals surface area contributed by atoms with Crippen molar-refractivity contribution in [2.24, 2.45) is 4.99 Å². The molecule has 0 spiro atoms. The zero-order valence-corrected chi connectivity index (χ0v) is 13.8. The van der Waals surface area contributed by atoms with Crippen molar-refractivity contribution in [1.82, 2.24) is 10.3 Å². The molecule has 0 unspecified atom stereocenters. The van der Waals surface area contributed by atoms with E-state index in [-0.39, 0.29) is 0 Å². The van der Waals surface area contributed by atoms with Crippen molar-refractivity contribution >= 4 is 45.6 Å². The number of carbonyl (C=O) groups is 1. The molecule has 0 aliphatic carbocycles. The highest BCUT2D eigenvalue weighted by Gasteiger charge is 2.15. The standard InChI is InChI=1S/C16H20N4OS/c1-4-7-17-12-6-8-18-16-14(12)15(13(9-21)22-16)20-10-19-11(3)5-2/h5-6,8-10H,4,7H2,1-3H3,(H,17,18)(H,19,20)/b11-5+. The summed E-state index contributed by atoms with van der Waals surface area (Å²) in [6.45, 7) is 6.88. The highest BCUT2D eigenvalue weighted by molar-refractivity contribution is 7.21. The van der Waals surface area contributed by atoms with Gasteiger partial charge >= 0.3 is 0 Å². The van der Waals surface area contributed by atoms with Crippen LogP contribution < -0.4 is 10.6 Å². The number of carbonyl (C=O) groups excluding carboxylic acids is 1. The molecule has 116 valence electrons. The lowest BCUT2D eigenvalue weighted by atomic mass is 10.2. The summed E-state index contributed by atoms with van der Waals surface area (Å²) in [5, 5.41) is 7.34. The zero-order valence-electron chi connectivity index (χ0n) is 13.0. The zero-order chi connectivity index (χ0) is 15.9. The fraction of sp³-hybridized carbons (Fsp3) is 0.312. The van der Waals surface area contributed by atoms with Crippen molar-refractivity contribution in [1.29, 1.82) is 0 Å². The number of hydrogen-bond donors (Lipinski definition) is 2. The fourth-order valence-corrected chi connectivity index (χ4v) is 2.85. The number of aldehydes is 1. The van der Waals surface area contributed by atoms with E-state index in [9.17, 15) is 4.79 Å². The van der Waals surface area contributed by atoms with Crippen molar-refractivity contribution in [3.63, 3.8) is 0 Å². The van der Waals surface area contributed by atoms with Crippen LogP contribution in [0.25, 0.3) is 10.2 Å². The number of nitrogens with one attached hydrogen (secondary N) is 2. The molecule has 0 fully saturated rings. The van der Waals surface area contributed by atoms with Crippen LogP contribution in [0.5, 0.6) is 0 Å². The fourth-order valence-electron chi connectivity index (χ4n) is 1.92. The number of nitrogens with zero attached hydrogens (tertiary/aromatic N) is 2. The number of thiophene rings is 1. The van der Waals surface area contributed by atoms with E-state index < -0.39 is 0 Å². The monoisotopic (exact) mass is 316 g/mol. The molecule has 2 rings (SSSR count). The van der Waals surface area contributed by atoms with Crippen molar-refractivity contribution in [3.8, 4) is 0 Å². The summed E-state index contributed by atoms with van der Waals surface area (Å²) in [4.78, 5) is 21.5. The molecular formula is C16H20N4OS. The van der Waals surface area contributed by atoms with Gasteiger partial charge < -0.3 is 10.6 Å². The Morgan fingerprint density at radius 2 is 2.32 bits per heavy atom. The van der Waals surface area contributed by atoms with Gasteiger partial charge in [0.05, 0.1) is 22.3 Å². The van der Waals surface area contributed by atoms with Crippen LogP contribution in [-0.2, 0) is 0 Å². The minimum Gasteiger partial charge on any atom is -0.384 e. The first kappa shape index (κ1) is 16.2. The number of pyridine rings is 1. The van der Waals surface area contributed by atoms with E-state index in [1.807, 2.05) is 26.0 Å². The summed E-state index contributed by atoms with van der Waals surface area (Å²) < 4.78 is 0. The topological polar surface area (TPSA) is 66.4 Å². The Balaban J connectivity index is 2.47. The van der Waals surface area contributed by atoms with Crippen LogP contribution in [0.1, 0.15) is 36.9 Å². The molecule has 6 heteroatoms. The number of allylic oxidation sites excluding steroid dienone is 2. The molecule has 2 N–H and O–H groups in total. The predicted octanol–water partition coefficient (Wildman–Crippen LogP) is 4.10. The Kier molecular flexibility index (Phi) is 5.66. The Morgan fingerprint density at radius 1 is 1.50 bits per heavy atom. The van der Waals surface area contributed by atoms with Crippen LogP contribution in [0.3, 0.4) is 0 Å². The van der Waals surface area contributed by atoms with Crippen LogP contribution >= 0.6 is 11.3 Å². The van der Waals surface area contributed by atoms with Crippen LogP contribution in [-0.4, -0.2) is 24.2 Å². The maximum atomic E-state index is 11.3. The van der Waals surface area contributed by atoms with Gasteiger partial charge in [0.1, 0.15) is 4.83 Å². The first-order valence-electron chi connectivity index (χ1n) is 7.23. The molecule has 0 aliphatic rings. The second kappa shape index (κ2) is 7.70. The quantitative estimate of drug-likeness (QED) is 0.458.